The van der Waals surface area contributed by atoms with Gasteiger partial charge in [0.05, 0.1) is 13.5 Å². The maximum Gasteiger partial charge on any atom is 0.307 e. The van der Waals surface area contributed by atoms with Gasteiger partial charge in [-0.05, 0) is 24.1 Å². The summed E-state index contributed by atoms with van der Waals surface area (Å²) < 4.78 is 5.48. The molecule has 0 fully saturated rings. The second kappa shape index (κ2) is 7.87. The number of ether oxygens (including phenoxy) is 1. The molecule has 5 heteroatoms. The highest BCUT2D eigenvalue weighted by Crippen LogP contribution is 2.12. The van der Waals surface area contributed by atoms with Crippen LogP contribution >= 0.6 is 15.9 Å². The predicted molar refractivity (Wildman–Crippen MR) is 72.1 cm³/mol. The van der Waals surface area contributed by atoms with E-state index in [2.05, 4.69) is 26.0 Å². The molecule has 98 valence electrons. The first kappa shape index (κ1) is 14.7. The van der Waals surface area contributed by atoms with E-state index in [0.29, 0.717) is 19.4 Å². The number of esters is 1. The first-order valence-corrected chi connectivity index (χ1v) is 6.49. The van der Waals surface area contributed by atoms with Crippen molar-refractivity contribution in [3.8, 4) is 0 Å². The molecule has 0 aliphatic carbocycles. The van der Waals surface area contributed by atoms with Crippen molar-refractivity contribution in [2.75, 3.05) is 13.7 Å². The highest BCUT2D eigenvalue weighted by Gasteiger charge is 2.04. The normalized spacial score (nSPS) is 9.89. The van der Waals surface area contributed by atoms with Crippen molar-refractivity contribution < 1.29 is 14.3 Å². The number of aryl methyl sites for hydroxylation is 1. The van der Waals surface area contributed by atoms with E-state index in [1.54, 1.807) is 0 Å². The Labute approximate surface area is 115 Å². The molecule has 4 nitrogen and oxygen atoms in total. The van der Waals surface area contributed by atoms with Crippen LogP contribution in [0.15, 0.2) is 28.7 Å². The Morgan fingerprint density at radius 2 is 2.11 bits per heavy atom. The molecule has 0 radical (unpaired) electrons. The van der Waals surface area contributed by atoms with Crippen LogP contribution in [0.4, 0.5) is 0 Å². The molecular formula is C13H16BrNO3. The third kappa shape index (κ3) is 5.82. The third-order valence-electron chi connectivity index (χ3n) is 2.41. The second-order valence-electron chi connectivity index (χ2n) is 3.81. The largest absolute Gasteiger partial charge is 0.469 e. The van der Waals surface area contributed by atoms with Crippen molar-refractivity contribution in [1.29, 1.82) is 0 Å². The number of amides is 1. The van der Waals surface area contributed by atoms with E-state index >= 15 is 0 Å². The van der Waals surface area contributed by atoms with Crippen molar-refractivity contribution in [2.45, 2.75) is 19.3 Å². The number of halogens is 1. The molecule has 1 N–H and O–H groups in total. The van der Waals surface area contributed by atoms with Gasteiger partial charge in [0, 0.05) is 17.4 Å². The molecule has 1 amide bonds. The summed E-state index contributed by atoms with van der Waals surface area (Å²) in [5, 5.41) is 2.68. The fourth-order valence-corrected chi connectivity index (χ4v) is 1.89. The zero-order valence-corrected chi connectivity index (χ0v) is 11.8. The monoisotopic (exact) mass is 313 g/mol. The minimum Gasteiger partial charge on any atom is -0.469 e. The average molecular weight is 314 g/mol. The molecule has 0 unspecified atom stereocenters. The number of nitrogens with one attached hydrogen (secondary N) is 1. The van der Waals surface area contributed by atoms with Gasteiger partial charge >= 0.3 is 5.97 Å². The lowest BCUT2D eigenvalue weighted by Crippen LogP contribution is -2.26. The number of rotatable bonds is 6. The van der Waals surface area contributed by atoms with Crippen molar-refractivity contribution in [2.24, 2.45) is 0 Å². The molecule has 0 aromatic heterocycles. The lowest BCUT2D eigenvalue weighted by atomic mass is 10.1. The SMILES string of the molecule is COC(=O)CCNC(=O)CCc1cccc(Br)c1. The maximum atomic E-state index is 11.5. The van der Waals surface area contributed by atoms with Gasteiger partial charge in [-0.2, -0.15) is 0 Å². The van der Waals surface area contributed by atoms with Crippen LogP contribution in [0.5, 0.6) is 0 Å². The standard InChI is InChI=1S/C13H16BrNO3/c1-18-13(17)7-8-15-12(16)6-5-10-3-2-4-11(14)9-10/h2-4,9H,5-8H2,1H3,(H,15,16). The lowest BCUT2D eigenvalue weighted by molar-refractivity contribution is -0.140. The number of benzene rings is 1. The van der Waals surface area contributed by atoms with Gasteiger partial charge in [0.2, 0.25) is 5.91 Å². The number of hydrogen-bond acceptors (Lipinski definition) is 3. The highest BCUT2D eigenvalue weighted by atomic mass is 79.9. The summed E-state index contributed by atoms with van der Waals surface area (Å²) in [5.74, 6) is -0.374. The molecule has 0 bridgehead atoms. The summed E-state index contributed by atoms with van der Waals surface area (Å²) in [6.07, 6.45) is 1.31. The number of hydrogen-bond donors (Lipinski definition) is 1. The molecule has 0 spiro atoms. The predicted octanol–water partition coefficient (Wildman–Crippen LogP) is 2.06. The van der Waals surface area contributed by atoms with Crippen molar-refractivity contribution in [3.05, 3.63) is 34.3 Å². The molecule has 1 rings (SSSR count). The summed E-state index contributed by atoms with van der Waals surface area (Å²) in [6, 6.07) is 7.85. The average Bonchev–Trinajstić information content (AvgIpc) is 2.36. The fraction of sp³-hybridized carbons (Fsp3) is 0.385. The number of carbonyl (C=O) groups excluding carboxylic acids is 2. The van der Waals surface area contributed by atoms with E-state index in [1.807, 2.05) is 24.3 Å². The van der Waals surface area contributed by atoms with Crippen LogP contribution in [0.1, 0.15) is 18.4 Å². The molecule has 0 aliphatic heterocycles. The van der Waals surface area contributed by atoms with Crippen LogP contribution in [-0.2, 0) is 20.7 Å². The van der Waals surface area contributed by atoms with E-state index in [4.69, 9.17) is 0 Å². The van der Waals surface area contributed by atoms with Crippen LogP contribution in [-0.4, -0.2) is 25.5 Å². The first-order valence-electron chi connectivity index (χ1n) is 5.70. The second-order valence-corrected chi connectivity index (χ2v) is 4.72. The lowest BCUT2D eigenvalue weighted by Gasteiger charge is -2.05. The van der Waals surface area contributed by atoms with E-state index in [-0.39, 0.29) is 18.3 Å². The van der Waals surface area contributed by atoms with Crippen LogP contribution < -0.4 is 5.32 Å². The number of carbonyl (C=O) groups is 2. The first-order chi connectivity index (χ1) is 8.61. The Hall–Kier alpha value is -1.36. The van der Waals surface area contributed by atoms with Gasteiger partial charge in [-0.1, -0.05) is 28.1 Å². The van der Waals surface area contributed by atoms with Gasteiger partial charge in [-0.3, -0.25) is 9.59 Å². The summed E-state index contributed by atoms with van der Waals surface area (Å²) >= 11 is 3.38. The molecule has 0 saturated heterocycles. The Morgan fingerprint density at radius 1 is 1.33 bits per heavy atom. The Bertz CT molecular complexity index is 420. The smallest absolute Gasteiger partial charge is 0.307 e. The van der Waals surface area contributed by atoms with Crippen molar-refractivity contribution >= 4 is 27.8 Å². The zero-order chi connectivity index (χ0) is 13.4. The Balaban J connectivity index is 2.23. The van der Waals surface area contributed by atoms with Crippen LogP contribution in [0.25, 0.3) is 0 Å². The highest BCUT2D eigenvalue weighted by molar-refractivity contribution is 9.10. The van der Waals surface area contributed by atoms with Gasteiger partial charge in [-0.25, -0.2) is 0 Å². The summed E-state index contributed by atoms with van der Waals surface area (Å²) in [4.78, 5) is 22.3. The van der Waals surface area contributed by atoms with Crippen LogP contribution in [0, 0.1) is 0 Å². The quantitative estimate of drug-likeness (QED) is 0.818. The zero-order valence-electron chi connectivity index (χ0n) is 10.2. The molecular weight excluding hydrogens is 298 g/mol. The number of methoxy groups -OCH3 is 1. The third-order valence-corrected chi connectivity index (χ3v) is 2.90. The van der Waals surface area contributed by atoms with E-state index in [0.717, 1.165) is 10.0 Å². The molecule has 0 saturated carbocycles. The van der Waals surface area contributed by atoms with Crippen molar-refractivity contribution in [3.63, 3.8) is 0 Å². The maximum absolute atomic E-state index is 11.5. The molecule has 0 heterocycles. The van der Waals surface area contributed by atoms with Crippen LogP contribution in [0.3, 0.4) is 0 Å². The Morgan fingerprint density at radius 3 is 2.78 bits per heavy atom. The molecule has 1 aromatic rings. The molecule has 0 atom stereocenters. The fourth-order valence-electron chi connectivity index (χ4n) is 1.44. The van der Waals surface area contributed by atoms with E-state index in [1.165, 1.54) is 7.11 Å². The Kier molecular flexibility index (Phi) is 6.43. The minimum absolute atomic E-state index is 0.0566. The molecule has 1 aromatic carbocycles. The van der Waals surface area contributed by atoms with Gasteiger partial charge in [0.1, 0.15) is 0 Å². The van der Waals surface area contributed by atoms with Gasteiger partial charge in [0.15, 0.2) is 0 Å². The van der Waals surface area contributed by atoms with Crippen LogP contribution in [0.2, 0.25) is 0 Å². The molecule has 18 heavy (non-hydrogen) atoms. The summed E-state index contributed by atoms with van der Waals surface area (Å²) in [7, 11) is 1.33. The summed E-state index contributed by atoms with van der Waals surface area (Å²) in [6.45, 7) is 0.323. The topological polar surface area (TPSA) is 55.4 Å². The van der Waals surface area contributed by atoms with Gasteiger partial charge in [-0.15, -0.1) is 0 Å². The van der Waals surface area contributed by atoms with E-state index < -0.39 is 0 Å². The van der Waals surface area contributed by atoms with E-state index in [9.17, 15) is 9.59 Å². The van der Waals surface area contributed by atoms with Gasteiger partial charge < -0.3 is 10.1 Å². The molecule has 0 aliphatic rings. The summed E-state index contributed by atoms with van der Waals surface area (Å²) in [5.41, 5.74) is 1.10. The van der Waals surface area contributed by atoms with Crippen molar-refractivity contribution in [1.82, 2.24) is 5.32 Å². The minimum atomic E-state index is -0.317. The van der Waals surface area contributed by atoms with Gasteiger partial charge in [0.25, 0.3) is 0 Å².